The molecule has 1 heterocycles. The Morgan fingerprint density at radius 2 is 1.38 bits per heavy atom. The topological polar surface area (TPSA) is 62.1 Å². The van der Waals surface area contributed by atoms with Crippen molar-refractivity contribution in [2.75, 3.05) is 19.8 Å². The van der Waals surface area contributed by atoms with Crippen LogP contribution in [0.2, 0.25) is 0 Å². The smallest absolute Gasteiger partial charge is 0.184 e. The van der Waals surface area contributed by atoms with Crippen LogP contribution in [0.15, 0.2) is 17.1 Å². The zero-order chi connectivity index (χ0) is 18.9. The highest BCUT2D eigenvalue weighted by Crippen LogP contribution is 2.20. The van der Waals surface area contributed by atoms with Crippen LogP contribution in [0.5, 0.6) is 0 Å². The third kappa shape index (κ3) is 10.3. The van der Waals surface area contributed by atoms with Crippen molar-refractivity contribution in [3.05, 3.63) is 12.2 Å². The monoisotopic (exact) mass is 367 g/mol. The number of hydrogen-bond acceptors (Lipinski definition) is 4. The average molecular weight is 368 g/mol. The Morgan fingerprint density at radius 3 is 1.92 bits per heavy atom. The van der Waals surface area contributed by atoms with E-state index in [2.05, 4.69) is 24.1 Å². The van der Waals surface area contributed by atoms with Gasteiger partial charge in [-0.2, -0.15) is 0 Å². The lowest BCUT2D eigenvalue weighted by Crippen LogP contribution is -2.37. The van der Waals surface area contributed by atoms with Crippen molar-refractivity contribution in [3.63, 3.8) is 0 Å². The van der Waals surface area contributed by atoms with Gasteiger partial charge in [0.15, 0.2) is 5.90 Å². The van der Waals surface area contributed by atoms with Gasteiger partial charge < -0.3 is 14.9 Å². The van der Waals surface area contributed by atoms with Crippen molar-refractivity contribution in [3.8, 4) is 0 Å². The molecule has 1 aliphatic heterocycles. The van der Waals surface area contributed by atoms with E-state index in [0.29, 0.717) is 12.5 Å². The van der Waals surface area contributed by atoms with Gasteiger partial charge in [0.05, 0.1) is 13.2 Å². The zero-order valence-corrected chi connectivity index (χ0v) is 16.9. The van der Waals surface area contributed by atoms with Crippen LogP contribution in [0.4, 0.5) is 0 Å². The number of aliphatic hydroxyl groups is 2. The largest absolute Gasteiger partial charge is 0.478 e. The number of aliphatic imine (C=N–C) groups is 1. The van der Waals surface area contributed by atoms with Gasteiger partial charge in [-0.15, -0.1) is 0 Å². The third-order valence-electron chi connectivity index (χ3n) is 5.11. The van der Waals surface area contributed by atoms with Gasteiger partial charge in [0, 0.05) is 6.42 Å². The summed E-state index contributed by atoms with van der Waals surface area (Å²) in [6.45, 7) is 2.26. The fourth-order valence-electron chi connectivity index (χ4n) is 3.23. The molecule has 0 aliphatic carbocycles. The highest BCUT2D eigenvalue weighted by molar-refractivity contribution is 5.78. The van der Waals surface area contributed by atoms with Crippen LogP contribution in [-0.2, 0) is 4.74 Å². The van der Waals surface area contributed by atoms with Gasteiger partial charge >= 0.3 is 0 Å². The van der Waals surface area contributed by atoms with Gasteiger partial charge in [-0.05, 0) is 32.1 Å². The Labute approximate surface area is 160 Å². The van der Waals surface area contributed by atoms with Crippen molar-refractivity contribution in [1.82, 2.24) is 0 Å². The molecule has 0 saturated carbocycles. The maximum Gasteiger partial charge on any atom is 0.184 e. The lowest BCUT2D eigenvalue weighted by molar-refractivity contribution is 0.0972. The lowest BCUT2D eigenvalue weighted by Gasteiger charge is -2.16. The van der Waals surface area contributed by atoms with Crippen molar-refractivity contribution in [2.24, 2.45) is 4.99 Å². The molecule has 0 bridgehead atoms. The van der Waals surface area contributed by atoms with Gasteiger partial charge in [0.25, 0.3) is 0 Å². The molecular formula is C22H41NO3. The summed E-state index contributed by atoms with van der Waals surface area (Å²) in [7, 11) is 0. The first kappa shape index (κ1) is 23.2. The number of ether oxygens (including phenoxy) is 1. The number of allylic oxidation sites excluding steroid dienone is 2. The van der Waals surface area contributed by atoms with E-state index in [4.69, 9.17) is 4.74 Å². The molecule has 1 aliphatic rings. The van der Waals surface area contributed by atoms with E-state index in [1.807, 2.05) is 0 Å². The van der Waals surface area contributed by atoms with Crippen molar-refractivity contribution in [2.45, 2.75) is 102 Å². The SMILES string of the molecule is CCCCCCCC/C=C/CCCCCCCC1=NC(CO)(CO)CO1. The number of hydrogen-bond donors (Lipinski definition) is 2. The van der Waals surface area contributed by atoms with E-state index in [1.165, 1.54) is 77.0 Å². The molecule has 0 aromatic carbocycles. The fourth-order valence-corrected chi connectivity index (χ4v) is 3.23. The van der Waals surface area contributed by atoms with E-state index < -0.39 is 5.54 Å². The number of unbranched alkanes of at least 4 members (excludes halogenated alkanes) is 11. The molecule has 152 valence electrons. The summed E-state index contributed by atoms with van der Waals surface area (Å²) in [4.78, 5) is 4.35. The van der Waals surface area contributed by atoms with E-state index in [-0.39, 0.29) is 13.2 Å². The summed E-state index contributed by atoms with van der Waals surface area (Å²) < 4.78 is 5.49. The first-order valence-electron chi connectivity index (χ1n) is 10.8. The summed E-state index contributed by atoms with van der Waals surface area (Å²) in [6, 6.07) is 0. The highest BCUT2D eigenvalue weighted by Gasteiger charge is 2.35. The molecule has 0 aromatic rings. The highest BCUT2D eigenvalue weighted by atomic mass is 16.5. The molecule has 0 unspecified atom stereocenters. The summed E-state index contributed by atoms with van der Waals surface area (Å²) in [5.41, 5.74) is -0.794. The van der Waals surface area contributed by atoms with Crippen molar-refractivity contribution >= 4 is 5.90 Å². The van der Waals surface area contributed by atoms with Gasteiger partial charge in [-0.3, -0.25) is 0 Å². The molecule has 1 rings (SSSR count). The molecular weight excluding hydrogens is 326 g/mol. The normalized spacial score (nSPS) is 16.2. The minimum atomic E-state index is -0.794. The van der Waals surface area contributed by atoms with E-state index in [1.54, 1.807) is 0 Å². The van der Waals surface area contributed by atoms with Gasteiger partial charge in [0.1, 0.15) is 12.1 Å². The van der Waals surface area contributed by atoms with Gasteiger partial charge in [0.2, 0.25) is 0 Å². The summed E-state index contributed by atoms with van der Waals surface area (Å²) >= 11 is 0. The van der Waals surface area contributed by atoms with E-state index in [9.17, 15) is 10.2 Å². The third-order valence-corrected chi connectivity index (χ3v) is 5.11. The van der Waals surface area contributed by atoms with Crippen LogP contribution in [0.3, 0.4) is 0 Å². The molecule has 4 nitrogen and oxygen atoms in total. The molecule has 0 atom stereocenters. The Morgan fingerprint density at radius 1 is 0.846 bits per heavy atom. The molecule has 0 aromatic heterocycles. The van der Waals surface area contributed by atoms with Crippen LogP contribution in [0.1, 0.15) is 96.8 Å². The second kappa shape index (κ2) is 15.2. The molecule has 0 spiro atoms. The molecule has 26 heavy (non-hydrogen) atoms. The minimum absolute atomic E-state index is 0.153. The Balaban J connectivity index is 1.87. The Hall–Kier alpha value is -0.870. The number of nitrogens with zero attached hydrogens (tertiary/aromatic N) is 1. The first-order chi connectivity index (χ1) is 12.8. The molecule has 4 heteroatoms. The molecule has 0 saturated heterocycles. The average Bonchev–Trinajstić information content (AvgIpc) is 3.09. The standard InChI is InChI=1S/C22H41NO3/c1-2-3-4-5-6-7-8-9-10-11-12-13-14-15-16-17-21-23-22(18-24,19-25)20-26-21/h9-10,24-25H,2-8,11-20H2,1H3/b10-9+. The second-order valence-corrected chi connectivity index (χ2v) is 7.67. The summed E-state index contributed by atoms with van der Waals surface area (Å²) in [5, 5.41) is 18.6. The first-order valence-corrected chi connectivity index (χ1v) is 10.8. The molecule has 0 amide bonds. The van der Waals surface area contributed by atoms with Gasteiger partial charge in [-0.1, -0.05) is 70.4 Å². The second-order valence-electron chi connectivity index (χ2n) is 7.67. The van der Waals surface area contributed by atoms with Gasteiger partial charge in [-0.25, -0.2) is 4.99 Å². The maximum atomic E-state index is 9.29. The molecule has 0 radical (unpaired) electrons. The molecule has 2 N–H and O–H groups in total. The number of aliphatic hydroxyl groups excluding tert-OH is 2. The summed E-state index contributed by atoms with van der Waals surface area (Å²) in [6.07, 6.45) is 22.3. The predicted octanol–water partition coefficient (Wildman–Crippen LogP) is 5.18. The van der Waals surface area contributed by atoms with Crippen LogP contribution >= 0.6 is 0 Å². The number of rotatable bonds is 17. The van der Waals surface area contributed by atoms with Crippen LogP contribution in [0, 0.1) is 0 Å². The predicted molar refractivity (Wildman–Crippen MR) is 110 cm³/mol. The maximum absolute atomic E-state index is 9.29. The Kier molecular flexibility index (Phi) is 13.6. The van der Waals surface area contributed by atoms with Crippen LogP contribution in [-0.4, -0.2) is 41.5 Å². The van der Waals surface area contributed by atoms with Crippen LogP contribution in [0.25, 0.3) is 0 Å². The Bertz CT molecular complexity index is 389. The van der Waals surface area contributed by atoms with Crippen molar-refractivity contribution in [1.29, 1.82) is 0 Å². The molecule has 0 fully saturated rings. The zero-order valence-electron chi connectivity index (χ0n) is 16.9. The van der Waals surface area contributed by atoms with Crippen LogP contribution < -0.4 is 0 Å². The summed E-state index contributed by atoms with van der Waals surface area (Å²) in [5.74, 6) is 0.700. The quantitative estimate of drug-likeness (QED) is 0.275. The fraction of sp³-hybridized carbons (Fsp3) is 0.864. The van der Waals surface area contributed by atoms with E-state index >= 15 is 0 Å². The lowest BCUT2D eigenvalue weighted by atomic mass is 10.1. The van der Waals surface area contributed by atoms with Crippen molar-refractivity contribution < 1.29 is 14.9 Å². The van der Waals surface area contributed by atoms with E-state index in [0.717, 1.165) is 12.8 Å². The minimum Gasteiger partial charge on any atom is -0.478 e.